The van der Waals surface area contributed by atoms with Crippen LogP contribution in [0.5, 0.6) is 0 Å². The summed E-state index contributed by atoms with van der Waals surface area (Å²) in [6, 6.07) is 51.5. The van der Waals surface area contributed by atoms with Crippen LogP contribution in [0.25, 0.3) is 11.1 Å². The molecule has 0 aliphatic heterocycles. The first-order valence-corrected chi connectivity index (χ1v) is 25.4. The smallest absolute Gasteiger partial charge is 0.0465 e. The number of unbranched alkanes of at least 4 members (excludes halogenated alkanes) is 10. The zero-order chi connectivity index (χ0) is 43.5. The second-order valence-electron chi connectivity index (χ2n) is 18.2. The van der Waals surface area contributed by atoms with Crippen molar-refractivity contribution in [3.63, 3.8) is 0 Å². The minimum atomic E-state index is -0.0907. The molecule has 0 heterocycles. The molecule has 1 aliphatic rings. The fraction of sp³-hybridized carbons (Fsp3) is 0.390. The summed E-state index contributed by atoms with van der Waals surface area (Å²) >= 11 is 2.56. The zero-order valence-corrected chi connectivity index (χ0v) is 40.8. The molecule has 7 rings (SSSR count). The second-order valence-corrected chi connectivity index (χ2v) is 20.0. The van der Waals surface area contributed by atoms with Gasteiger partial charge in [-0.2, -0.15) is 0 Å². The predicted molar refractivity (Wildman–Crippen MR) is 279 cm³/mol. The maximum Gasteiger partial charge on any atom is 0.0465 e. The second kappa shape index (κ2) is 21.8. The lowest BCUT2D eigenvalue weighted by Gasteiger charge is -2.35. The van der Waals surface area contributed by atoms with Gasteiger partial charge in [-0.05, 0) is 157 Å². The molecule has 2 nitrogen and oxygen atoms in total. The lowest BCUT2D eigenvalue weighted by atomic mass is 9.70. The van der Waals surface area contributed by atoms with Gasteiger partial charge >= 0.3 is 0 Å². The highest BCUT2D eigenvalue weighted by Gasteiger charge is 2.43. The Labute approximate surface area is 389 Å². The van der Waals surface area contributed by atoms with Gasteiger partial charge in [0.1, 0.15) is 0 Å². The van der Waals surface area contributed by atoms with Crippen molar-refractivity contribution >= 4 is 56.7 Å². The molecule has 0 unspecified atom stereocenters. The molecule has 62 heavy (non-hydrogen) atoms. The van der Waals surface area contributed by atoms with Crippen molar-refractivity contribution in [2.75, 3.05) is 9.80 Å². The highest BCUT2D eigenvalue weighted by Crippen LogP contribution is 2.57. The first kappa shape index (κ1) is 45.7. The molecule has 0 amide bonds. The first-order chi connectivity index (χ1) is 30.3. The number of alkyl halides is 1. The van der Waals surface area contributed by atoms with Crippen molar-refractivity contribution in [1.29, 1.82) is 0 Å². The fourth-order valence-electron chi connectivity index (χ4n) is 10.1. The molecule has 1 atom stereocenters. The highest BCUT2D eigenvalue weighted by molar-refractivity contribution is 14.1. The first-order valence-electron chi connectivity index (χ1n) is 24.1. The third-order valence-electron chi connectivity index (χ3n) is 13.4. The minimum Gasteiger partial charge on any atom is -0.310 e. The van der Waals surface area contributed by atoms with Gasteiger partial charge in [-0.25, -0.2) is 0 Å². The maximum absolute atomic E-state index is 2.62. The predicted octanol–water partition coefficient (Wildman–Crippen LogP) is 19.1. The number of fused-ring (bicyclic) bond motifs is 3. The van der Waals surface area contributed by atoms with Crippen LogP contribution < -0.4 is 9.80 Å². The number of hydrogen-bond donors (Lipinski definition) is 0. The third-order valence-corrected chi connectivity index (χ3v) is 14.2. The molecule has 0 aromatic heterocycles. The van der Waals surface area contributed by atoms with Gasteiger partial charge in [0.05, 0.1) is 0 Å². The summed E-state index contributed by atoms with van der Waals surface area (Å²) in [6.45, 7) is 13.6. The Bertz CT molecular complexity index is 2360. The number of anilines is 6. The van der Waals surface area contributed by atoms with Gasteiger partial charge in [0, 0.05) is 43.5 Å². The van der Waals surface area contributed by atoms with E-state index in [1.54, 1.807) is 0 Å². The molecule has 0 saturated carbocycles. The molecular weight excluding hydrogens is 864 g/mol. The van der Waals surface area contributed by atoms with Gasteiger partial charge in [-0.1, -0.05) is 181 Å². The van der Waals surface area contributed by atoms with Crippen molar-refractivity contribution in [2.24, 2.45) is 0 Å². The lowest BCUT2D eigenvalue weighted by molar-refractivity contribution is 0.398. The van der Waals surface area contributed by atoms with E-state index in [1.807, 2.05) is 0 Å². The van der Waals surface area contributed by atoms with Gasteiger partial charge in [-0.3, -0.25) is 0 Å². The Morgan fingerprint density at radius 2 is 0.871 bits per heavy atom. The van der Waals surface area contributed by atoms with Crippen LogP contribution in [0, 0.1) is 13.8 Å². The van der Waals surface area contributed by atoms with Crippen LogP contribution >= 0.6 is 22.6 Å². The molecule has 0 bridgehead atoms. The van der Waals surface area contributed by atoms with E-state index < -0.39 is 0 Å². The zero-order valence-electron chi connectivity index (χ0n) is 38.7. The van der Waals surface area contributed by atoms with Crippen LogP contribution in [0.2, 0.25) is 0 Å². The highest BCUT2D eigenvalue weighted by atomic mass is 127. The van der Waals surface area contributed by atoms with Crippen LogP contribution in [0.3, 0.4) is 0 Å². The Hall–Kier alpha value is -4.35. The Morgan fingerprint density at radius 1 is 0.452 bits per heavy atom. The van der Waals surface area contributed by atoms with Crippen molar-refractivity contribution in [1.82, 2.24) is 0 Å². The summed E-state index contributed by atoms with van der Waals surface area (Å²) in [5.74, 6) is 0. The molecule has 0 fully saturated rings. The largest absolute Gasteiger partial charge is 0.310 e. The van der Waals surface area contributed by atoms with Crippen LogP contribution in [0.4, 0.5) is 34.1 Å². The maximum atomic E-state index is 2.62. The minimum absolute atomic E-state index is 0.0907. The van der Waals surface area contributed by atoms with Crippen LogP contribution in [0.1, 0.15) is 155 Å². The van der Waals surface area contributed by atoms with E-state index in [-0.39, 0.29) is 5.41 Å². The summed E-state index contributed by atoms with van der Waals surface area (Å²) in [5.41, 5.74) is 18.4. The Morgan fingerprint density at radius 3 is 1.34 bits per heavy atom. The van der Waals surface area contributed by atoms with E-state index in [0.717, 1.165) is 6.42 Å². The summed E-state index contributed by atoms with van der Waals surface area (Å²) in [4.78, 5) is 5.03. The lowest BCUT2D eigenvalue weighted by Crippen LogP contribution is -2.26. The quantitative estimate of drug-likeness (QED) is 0.0380. The van der Waals surface area contributed by atoms with E-state index >= 15 is 0 Å². The number of hydrogen-bond acceptors (Lipinski definition) is 2. The molecule has 0 spiro atoms. The number of nitrogens with zero attached hydrogens (tertiary/aromatic N) is 2. The SMILES string of the molecule is CCCCCCCCC1(CCCCCCCC)c2cc(N(c3cccc(C)c3)c3cccc(CC)c3)ccc2-c2ccc(N(c3cccc(C)c3)c3cccc([C@@H](C)I)c3)cc21. The van der Waals surface area contributed by atoms with Gasteiger partial charge in [0.2, 0.25) is 0 Å². The average molecular weight is 935 g/mol. The van der Waals surface area contributed by atoms with E-state index in [2.05, 4.69) is 207 Å². The van der Waals surface area contributed by atoms with E-state index in [0.29, 0.717) is 3.92 Å². The molecule has 0 radical (unpaired) electrons. The number of rotatable bonds is 22. The number of aryl methyl sites for hydroxylation is 3. The number of benzene rings is 6. The van der Waals surface area contributed by atoms with Crippen molar-refractivity contribution in [3.8, 4) is 11.1 Å². The number of halogens is 1. The average Bonchev–Trinajstić information content (AvgIpc) is 3.54. The van der Waals surface area contributed by atoms with Crippen molar-refractivity contribution in [3.05, 3.63) is 167 Å². The summed E-state index contributed by atoms with van der Waals surface area (Å²) < 4.78 is 0.418. The standard InChI is InChI=1S/C59H71IN2/c1-7-10-12-14-16-18-36-59(37-19-17-15-13-11-8-2)57-42-53(61(49-28-20-24-44(4)38-49)51-30-22-26-47(9-3)40-51)32-34-55(57)56-35-33-54(43-58(56)59)62(50-29-21-25-45(5)39-50)52-31-23-27-48(41-52)46(6)60/h20-35,38-43,46H,7-19,36-37H2,1-6H3/t46-/m1/s1. The van der Waals surface area contributed by atoms with E-state index in [4.69, 9.17) is 0 Å². The van der Waals surface area contributed by atoms with Gasteiger partial charge in [-0.15, -0.1) is 0 Å². The van der Waals surface area contributed by atoms with Crippen LogP contribution in [0.15, 0.2) is 133 Å². The van der Waals surface area contributed by atoms with Crippen LogP contribution in [-0.4, -0.2) is 0 Å². The van der Waals surface area contributed by atoms with Gasteiger partial charge in [0.25, 0.3) is 0 Å². The molecular formula is C59H71IN2. The molecule has 3 heteroatoms. The molecule has 0 N–H and O–H groups in total. The summed E-state index contributed by atoms with van der Waals surface area (Å²) in [5, 5.41) is 0. The van der Waals surface area contributed by atoms with Crippen molar-refractivity contribution in [2.45, 2.75) is 147 Å². The molecule has 0 saturated heterocycles. The normalized spacial score (nSPS) is 13.1. The van der Waals surface area contributed by atoms with E-state index in [1.165, 1.54) is 169 Å². The molecule has 324 valence electrons. The molecule has 6 aromatic rings. The van der Waals surface area contributed by atoms with E-state index in [9.17, 15) is 0 Å². The summed E-state index contributed by atoms with van der Waals surface area (Å²) in [7, 11) is 0. The molecule has 6 aromatic carbocycles. The molecule has 1 aliphatic carbocycles. The fourth-order valence-corrected chi connectivity index (χ4v) is 10.5. The Balaban J connectivity index is 1.42. The third kappa shape index (κ3) is 10.5. The van der Waals surface area contributed by atoms with Crippen molar-refractivity contribution < 1.29 is 0 Å². The monoisotopic (exact) mass is 934 g/mol. The van der Waals surface area contributed by atoms with Gasteiger partial charge < -0.3 is 9.80 Å². The van der Waals surface area contributed by atoms with Crippen LogP contribution in [-0.2, 0) is 11.8 Å². The summed E-state index contributed by atoms with van der Waals surface area (Å²) in [6.07, 6.45) is 19.0. The Kier molecular flexibility index (Phi) is 16.1. The topological polar surface area (TPSA) is 6.48 Å². The van der Waals surface area contributed by atoms with Gasteiger partial charge in [0.15, 0.2) is 0 Å².